The van der Waals surface area contributed by atoms with Crippen molar-refractivity contribution in [3.63, 3.8) is 0 Å². The molecule has 0 fully saturated rings. The molecule has 0 atom stereocenters. The third-order valence-corrected chi connectivity index (χ3v) is 5.85. The van der Waals surface area contributed by atoms with E-state index in [0.29, 0.717) is 13.2 Å². The van der Waals surface area contributed by atoms with Crippen molar-refractivity contribution in [2.24, 2.45) is 0 Å². The average Bonchev–Trinajstić information content (AvgIpc) is 3.32. The summed E-state index contributed by atoms with van der Waals surface area (Å²) in [5, 5.41) is 13.4. The molecular formula is C20H15NO4S. The van der Waals surface area contributed by atoms with Crippen molar-refractivity contribution in [2.45, 2.75) is 19.4 Å². The van der Waals surface area contributed by atoms with Gasteiger partial charge in [0.1, 0.15) is 11.3 Å². The number of carbonyl (C=O) groups is 1. The molecule has 26 heavy (non-hydrogen) atoms. The smallest absolute Gasteiger partial charge is 0.341 e. The zero-order valence-electron chi connectivity index (χ0n) is 13.8. The van der Waals surface area contributed by atoms with Crippen molar-refractivity contribution >= 4 is 17.3 Å². The molecule has 130 valence electrons. The Kier molecular flexibility index (Phi) is 3.30. The number of aromatic nitrogens is 1. The maximum Gasteiger partial charge on any atom is 0.341 e. The van der Waals surface area contributed by atoms with E-state index >= 15 is 0 Å². The quantitative estimate of drug-likeness (QED) is 0.755. The van der Waals surface area contributed by atoms with Crippen LogP contribution in [-0.2, 0) is 19.4 Å². The lowest BCUT2D eigenvalue weighted by atomic mass is 9.88. The van der Waals surface area contributed by atoms with Crippen LogP contribution in [0.1, 0.15) is 21.5 Å². The number of carboxylic acids is 1. The van der Waals surface area contributed by atoms with Gasteiger partial charge in [0.05, 0.1) is 12.3 Å². The van der Waals surface area contributed by atoms with E-state index < -0.39 is 11.4 Å². The Morgan fingerprint density at radius 1 is 1.19 bits per heavy atom. The molecule has 1 N–H and O–H groups in total. The highest BCUT2D eigenvalue weighted by Gasteiger charge is 2.28. The van der Waals surface area contributed by atoms with Crippen LogP contribution in [0.3, 0.4) is 0 Å². The van der Waals surface area contributed by atoms with Gasteiger partial charge in [-0.15, -0.1) is 0 Å². The Balaban J connectivity index is 1.79. The van der Waals surface area contributed by atoms with Crippen LogP contribution in [0.4, 0.5) is 0 Å². The number of aromatic carboxylic acids is 1. The summed E-state index contributed by atoms with van der Waals surface area (Å²) < 4.78 is 7.82. The Morgan fingerprint density at radius 3 is 2.85 bits per heavy atom. The van der Waals surface area contributed by atoms with Crippen LogP contribution in [0.5, 0.6) is 5.75 Å². The molecule has 6 heteroatoms. The summed E-state index contributed by atoms with van der Waals surface area (Å²) in [7, 11) is 0. The van der Waals surface area contributed by atoms with E-state index in [0.717, 1.165) is 41.0 Å². The topological polar surface area (TPSA) is 68.5 Å². The van der Waals surface area contributed by atoms with Crippen LogP contribution < -0.4 is 10.2 Å². The third kappa shape index (κ3) is 2.15. The molecule has 0 bridgehead atoms. The summed E-state index contributed by atoms with van der Waals surface area (Å²) in [5.74, 6) is -0.225. The molecule has 1 aromatic carbocycles. The highest BCUT2D eigenvalue weighted by atomic mass is 32.1. The van der Waals surface area contributed by atoms with E-state index in [1.165, 1.54) is 23.4 Å². The van der Waals surface area contributed by atoms with Gasteiger partial charge in [-0.25, -0.2) is 4.79 Å². The van der Waals surface area contributed by atoms with Gasteiger partial charge in [0.15, 0.2) is 5.43 Å². The third-order valence-electron chi connectivity index (χ3n) is 5.16. The molecule has 2 aliphatic rings. The standard InChI is InChI=1S/C20H15NO4S/c22-18-8-17-15-7-14(11-3-6-26-10-11)19-13(2-5-25-19)12(15)1-4-21(17)9-16(18)20(23)24/h3,6-10H,1-2,4-5H2,(H,23,24). The number of nitrogens with zero attached hydrogens (tertiary/aromatic N) is 1. The van der Waals surface area contributed by atoms with Crippen molar-refractivity contribution in [1.82, 2.24) is 4.57 Å². The minimum Gasteiger partial charge on any atom is -0.492 e. The van der Waals surface area contributed by atoms with E-state index in [2.05, 4.69) is 17.5 Å². The van der Waals surface area contributed by atoms with Crippen LogP contribution in [0, 0.1) is 0 Å². The molecule has 0 aliphatic carbocycles. The fourth-order valence-corrected chi connectivity index (χ4v) is 4.63. The van der Waals surface area contributed by atoms with Gasteiger partial charge in [0.25, 0.3) is 0 Å². The average molecular weight is 365 g/mol. The number of aryl methyl sites for hydroxylation is 1. The van der Waals surface area contributed by atoms with Gasteiger partial charge in [-0.05, 0) is 40.4 Å². The molecule has 5 rings (SSSR count). The normalized spacial score (nSPS) is 14.3. The lowest BCUT2D eigenvalue weighted by Crippen LogP contribution is -2.22. The molecule has 4 heterocycles. The monoisotopic (exact) mass is 365 g/mol. The van der Waals surface area contributed by atoms with E-state index in [9.17, 15) is 14.7 Å². The highest BCUT2D eigenvalue weighted by molar-refractivity contribution is 7.08. The number of hydrogen-bond donors (Lipinski definition) is 1. The second-order valence-electron chi connectivity index (χ2n) is 6.55. The zero-order chi connectivity index (χ0) is 17.8. The lowest BCUT2D eigenvalue weighted by Gasteiger charge is -2.25. The first-order chi connectivity index (χ1) is 12.6. The Bertz CT molecular complexity index is 1110. The van der Waals surface area contributed by atoms with Crippen LogP contribution >= 0.6 is 11.3 Å². The molecule has 5 nitrogen and oxygen atoms in total. The number of carboxylic acid groups (broad SMARTS) is 1. The Labute approximate surface area is 153 Å². The summed E-state index contributed by atoms with van der Waals surface area (Å²) >= 11 is 1.63. The Morgan fingerprint density at radius 2 is 2.08 bits per heavy atom. The van der Waals surface area contributed by atoms with Crippen molar-refractivity contribution in [3.05, 3.63) is 62.1 Å². The summed E-state index contributed by atoms with van der Waals surface area (Å²) in [4.78, 5) is 23.6. The number of benzene rings is 1. The molecule has 0 saturated carbocycles. The van der Waals surface area contributed by atoms with E-state index in [1.807, 2.05) is 9.95 Å². The minimum absolute atomic E-state index is 0.181. The fourth-order valence-electron chi connectivity index (χ4n) is 3.97. The van der Waals surface area contributed by atoms with E-state index in [1.54, 1.807) is 11.3 Å². The number of rotatable bonds is 2. The largest absolute Gasteiger partial charge is 0.492 e. The molecule has 0 unspecified atom stereocenters. The van der Waals surface area contributed by atoms with Crippen molar-refractivity contribution in [2.75, 3.05) is 6.61 Å². The van der Waals surface area contributed by atoms with Gasteiger partial charge in [0.2, 0.25) is 0 Å². The highest BCUT2D eigenvalue weighted by Crippen LogP contribution is 2.45. The van der Waals surface area contributed by atoms with Gasteiger partial charge in [-0.2, -0.15) is 11.3 Å². The molecule has 0 saturated heterocycles. The minimum atomic E-state index is -1.18. The SMILES string of the molecule is O=C(O)c1cn2c(cc1=O)-c1cc(-c3ccsc3)c3c(c1CC2)CCO3. The van der Waals surface area contributed by atoms with Gasteiger partial charge in [0, 0.05) is 41.9 Å². The maximum absolute atomic E-state index is 12.3. The summed E-state index contributed by atoms with van der Waals surface area (Å²) in [6.45, 7) is 1.33. The molecule has 2 aliphatic heterocycles. The second-order valence-corrected chi connectivity index (χ2v) is 7.33. The van der Waals surface area contributed by atoms with E-state index in [-0.39, 0.29) is 5.56 Å². The number of hydrogen-bond acceptors (Lipinski definition) is 4. The lowest BCUT2D eigenvalue weighted by molar-refractivity contribution is 0.0694. The predicted octanol–water partition coefficient (Wildman–Crippen LogP) is 3.43. The number of ether oxygens (including phenoxy) is 1. The maximum atomic E-state index is 12.3. The molecular weight excluding hydrogens is 350 g/mol. The summed E-state index contributed by atoms with van der Waals surface area (Å²) in [6, 6.07) is 5.62. The number of fused-ring (bicyclic) bond motifs is 5. The van der Waals surface area contributed by atoms with Crippen LogP contribution in [0.15, 0.2) is 40.0 Å². The predicted molar refractivity (Wildman–Crippen MR) is 99.3 cm³/mol. The molecule has 0 amide bonds. The van der Waals surface area contributed by atoms with Crippen LogP contribution in [-0.4, -0.2) is 22.2 Å². The summed E-state index contributed by atoms with van der Waals surface area (Å²) in [6.07, 6.45) is 3.14. The first-order valence-electron chi connectivity index (χ1n) is 8.46. The van der Waals surface area contributed by atoms with Crippen LogP contribution in [0.25, 0.3) is 22.4 Å². The van der Waals surface area contributed by atoms with Crippen LogP contribution in [0.2, 0.25) is 0 Å². The van der Waals surface area contributed by atoms with Gasteiger partial charge in [-0.1, -0.05) is 0 Å². The Hall–Kier alpha value is -2.86. The molecule has 0 spiro atoms. The van der Waals surface area contributed by atoms with Crippen molar-refractivity contribution in [1.29, 1.82) is 0 Å². The first kappa shape index (κ1) is 15.4. The molecule has 0 radical (unpaired) electrons. The van der Waals surface area contributed by atoms with Gasteiger partial charge >= 0.3 is 5.97 Å². The zero-order valence-corrected chi connectivity index (χ0v) is 14.6. The molecule has 2 aromatic heterocycles. The second kappa shape index (κ2) is 5.57. The first-order valence-corrected chi connectivity index (χ1v) is 9.40. The van der Waals surface area contributed by atoms with Gasteiger partial charge in [-0.3, -0.25) is 4.79 Å². The fraction of sp³-hybridized carbons (Fsp3) is 0.200. The molecule has 3 aromatic rings. The summed E-state index contributed by atoms with van der Waals surface area (Å²) in [5.41, 5.74) is 5.76. The van der Waals surface area contributed by atoms with Crippen molar-refractivity contribution in [3.8, 4) is 28.1 Å². The van der Waals surface area contributed by atoms with Gasteiger partial charge < -0.3 is 14.4 Å². The number of thiophene rings is 1. The number of pyridine rings is 1. The van der Waals surface area contributed by atoms with Crippen molar-refractivity contribution < 1.29 is 14.6 Å². The van der Waals surface area contributed by atoms with E-state index in [4.69, 9.17) is 4.74 Å².